The summed E-state index contributed by atoms with van der Waals surface area (Å²) in [6.45, 7) is 14.7. The van der Waals surface area contributed by atoms with Gasteiger partial charge in [-0.1, -0.05) is 97.4 Å². The molecule has 9 atom stereocenters. The molecule has 1 aliphatic heterocycles. The number of hydrogen-bond acceptors (Lipinski definition) is 9. The second-order valence-corrected chi connectivity index (χ2v) is 17.8. The molecule has 14 heteroatoms. The number of likely N-dealkylation sites (N-methyl/N-ethyl adjacent to an activating group) is 2. The van der Waals surface area contributed by atoms with Crippen molar-refractivity contribution in [3.05, 3.63) is 65.7 Å². The molecule has 0 aromatic heterocycles. The molecule has 1 unspecified atom stereocenters. The number of carboxylic acid groups (broad SMARTS) is 1. The first-order chi connectivity index (χ1) is 29.4. The van der Waals surface area contributed by atoms with Gasteiger partial charge in [-0.2, -0.15) is 0 Å². The van der Waals surface area contributed by atoms with Gasteiger partial charge in [0.25, 0.3) is 0 Å². The second-order valence-electron chi connectivity index (χ2n) is 17.8. The summed E-state index contributed by atoms with van der Waals surface area (Å²) in [7, 11) is 8.61. The lowest BCUT2D eigenvalue weighted by Gasteiger charge is -2.41. The highest BCUT2D eigenvalue weighted by Gasteiger charge is 2.43. The fourth-order valence-electron chi connectivity index (χ4n) is 8.93. The summed E-state index contributed by atoms with van der Waals surface area (Å²) in [6.07, 6.45) is 1.51. The number of aliphatic carboxylic acids is 1. The third kappa shape index (κ3) is 14.0. The summed E-state index contributed by atoms with van der Waals surface area (Å²) in [6, 6.07) is 14.0. The van der Waals surface area contributed by atoms with E-state index >= 15 is 0 Å². The lowest BCUT2D eigenvalue weighted by molar-refractivity contribution is -0.148. The third-order valence-corrected chi connectivity index (χ3v) is 12.8. The summed E-state index contributed by atoms with van der Waals surface area (Å²) >= 11 is 0. The number of benzene rings is 2. The van der Waals surface area contributed by atoms with Gasteiger partial charge in [-0.15, -0.1) is 0 Å². The van der Waals surface area contributed by atoms with Crippen molar-refractivity contribution in [2.75, 3.05) is 53.8 Å². The van der Waals surface area contributed by atoms with E-state index in [2.05, 4.69) is 33.0 Å². The Kier molecular flexibility index (Phi) is 20.8. The van der Waals surface area contributed by atoms with Crippen molar-refractivity contribution in [1.82, 2.24) is 25.3 Å². The van der Waals surface area contributed by atoms with E-state index in [4.69, 9.17) is 9.47 Å². The van der Waals surface area contributed by atoms with Crippen molar-refractivity contribution in [2.45, 2.75) is 129 Å². The number of carbonyl (C=O) groups is 5. The van der Waals surface area contributed by atoms with Gasteiger partial charge in [-0.25, -0.2) is 4.79 Å². The van der Waals surface area contributed by atoms with Crippen LogP contribution in [0.5, 0.6) is 0 Å². The Balaban J connectivity index is 1.76. The van der Waals surface area contributed by atoms with Gasteiger partial charge in [0.15, 0.2) is 0 Å². The van der Waals surface area contributed by atoms with Gasteiger partial charge in [0.05, 0.1) is 42.7 Å². The fourth-order valence-corrected chi connectivity index (χ4v) is 8.93. The van der Waals surface area contributed by atoms with Crippen LogP contribution in [-0.2, 0) is 46.3 Å². The van der Waals surface area contributed by atoms with Crippen LogP contribution in [-0.4, -0.2) is 140 Å². The lowest BCUT2D eigenvalue weighted by atomic mass is 9.89. The largest absolute Gasteiger partial charge is 0.480 e. The van der Waals surface area contributed by atoms with Crippen LogP contribution in [0.2, 0.25) is 0 Å². The molecule has 0 aliphatic carbocycles. The van der Waals surface area contributed by atoms with Crippen LogP contribution in [0.4, 0.5) is 5.69 Å². The molecule has 0 radical (unpaired) electrons. The minimum absolute atomic E-state index is 0.0187. The van der Waals surface area contributed by atoms with E-state index in [1.54, 1.807) is 30.9 Å². The number of methoxy groups -OCH3 is 2. The van der Waals surface area contributed by atoms with Crippen molar-refractivity contribution in [3.8, 4) is 0 Å². The number of carboxylic acids is 1. The maximum absolute atomic E-state index is 14.6. The minimum atomic E-state index is -1.14. The average molecular weight is 865 g/mol. The molecule has 62 heavy (non-hydrogen) atoms. The third-order valence-electron chi connectivity index (χ3n) is 12.8. The number of nitrogens with zero attached hydrogens (tertiary/aromatic N) is 3. The molecule has 4 N–H and O–H groups in total. The Morgan fingerprint density at radius 3 is 2.03 bits per heavy atom. The van der Waals surface area contributed by atoms with Gasteiger partial charge in [0.1, 0.15) is 12.1 Å². The summed E-state index contributed by atoms with van der Waals surface area (Å²) in [5.74, 6) is -3.34. The molecule has 1 saturated heterocycles. The molecule has 0 saturated carbocycles. The van der Waals surface area contributed by atoms with Crippen molar-refractivity contribution in [3.63, 3.8) is 0 Å². The summed E-state index contributed by atoms with van der Waals surface area (Å²) in [5, 5.41) is 18.9. The molecule has 4 amide bonds. The predicted octanol–water partition coefficient (Wildman–Crippen LogP) is 5.10. The Bertz CT molecular complexity index is 1730. The summed E-state index contributed by atoms with van der Waals surface area (Å²) < 4.78 is 12.0. The highest BCUT2D eigenvalue weighted by atomic mass is 16.5. The highest BCUT2D eigenvalue weighted by Crippen LogP contribution is 2.30. The maximum Gasteiger partial charge on any atom is 0.326 e. The van der Waals surface area contributed by atoms with Crippen LogP contribution in [0.1, 0.15) is 85.3 Å². The van der Waals surface area contributed by atoms with E-state index in [1.807, 2.05) is 98.1 Å². The van der Waals surface area contributed by atoms with Gasteiger partial charge in [-0.3, -0.25) is 24.1 Å². The molecular formula is C48H76N6O8. The molecule has 0 bridgehead atoms. The van der Waals surface area contributed by atoms with Crippen molar-refractivity contribution < 1.29 is 38.6 Å². The molecular weight excluding hydrogens is 789 g/mol. The number of carbonyl (C=O) groups excluding carboxylic acids is 4. The lowest BCUT2D eigenvalue weighted by Crippen LogP contribution is -2.60. The Morgan fingerprint density at radius 1 is 0.855 bits per heavy atom. The first kappa shape index (κ1) is 51.8. The molecule has 1 heterocycles. The average Bonchev–Trinajstić information content (AvgIpc) is 3.74. The monoisotopic (exact) mass is 865 g/mol. The van der Waals surface area contributed by atoms with E-state index < -0.39 is 60.2 Å². The first-order valence-electron chi connectivity index (χ1n) is 22.4. The van der Waals surface area contributed by atoms with Crippen LogP contribution in [0.25, 0.3) is 0 Å². The molecule has 2 aromatic rings. The van der Waals surface area contributed by atoms with Gasteiger partial charge in [0.2, 0.25) is 23.6 Å². The van der Waals surface area contributed by atoms with Gasteiger partial charge >= 0.3 is 5.97 Å². The van der Waals surface area contributed by atoms with Crippen LogP contribution >= 0.6 is 0 Å². The van der Waals surface area contributed by atoms with Gasteiger partial charge in [0, 0.05) is 53.5 Å². The van der Waals surface area contributed by atoms with Crippen molar-refractivity contribution >= 4 is 35.3 Å². The standard InChI is InChI=1S/C48H76N6O8/c1-13-32(6)43(53(10)47(58)41(30(2)3)51-46(57)42(31(4)5)52(9)27-25-34-21-23-36(49-8)24-22-34)39(61-11)29-40(55)54-26-17-20-38(54)44(62-12)33(7)45(56)50-37(48(59)60)28-35-18-15-14-16-19-35/h14-16,18-19,21-24,30-33,37-39,41-44,49H,13,17,20,25-29H2,1-12H3,(H,50,56)(H,51,57)(H,59,60)/t32-,33+,37-,38?,39+,41-,42-,43-,44+/m0/s1. The minimum Gasteiger partial charge on any atom is -0.480 e. The number of likely N-dealkylation sites (tertiary alicyclic amines) is 1. The predicted molar refractivity (Wildman–Crippen MR) is 244 cm³/mol. The number of ether oxygens (including phenoxy) is 2. The molecule has 346 valence electrons. The normalized spacial score (nSPS) is 18.0. The first-order valence-corrected chi connectivity index (χ1v) is 22.4. The number of rotatable bonds is 25. The number of amides is 4. The number of hydrogen-bond donors (Lipinski definition) is 4. The smallest absolute Gasteiger partial charge is 0.326 e. The van der Waals surface area contributed by atoms with E-state index in [9.17, 15) is 29.1 Å². The maximum atomic E-state index is 14.6. The van der Waals surface area contributed by atoms with Crippen LogP contribution in [0, 0.1) is 23.7 Å². The zero-order chi connectivity index (χ0) is 46.3. The van der Waals surface area contributed by atoms with Crippen molar-refractivity contribution in [2.24, 2.45) is 23.7 Å². The zero-order valence-electron chi connectivity index (χ0n) is 39.4. The molecule has 14 nitrogen and oxygen atoms in total. The Morgan fingerprint density at radius 2 is 1.50 bits per heavy atom. The van der Waals surface area contributed by atoms with Crippen molar-refractivity contribution in [1.29, 1.82) is 0 Å². The quantitative estimate of drug-likeness (QED) is 0.105. The fraction of sp³-hybridized carbons (Fsp3) is 0.646. The summed E-state index contributed by atoms with van der Waals surface area (Å²) in [4.78, 5) is 74.2. The SMILES string of the molecule is CC[C@H](C)[C@@H]([C@@H](CC(=O)N1CCCC1[C@H](OC)[C@@H](C)C(=O)N[C@@H](Cc1ccccc1)C(=O)O)OC)N(C)C(=O)[C@@H](NC(=O)[C@H](C(C)C)N(C)CCc1ccc(NC)cc1)C(C)C. The molecule has 2 aromatic carbocycles. The summed E-state index contributed by atoms with van der Waals surface area (Å²) in [5.41, 5.74) is 2.98. The zero-order valence-corrected chi connectivity index (χ0v) is 39.4. The number of nitrogens with one attached hydrogen (secondary N) is 3. The molecule has 1 aliphatic rings. The Labute approximate surface area is 370 Å². The molecule has 1 fully saturated rings. The van der Waals surface area contributed by atoms with E-state index in [0.717, 1.165) is 17.7 Å². The van der Waals surface area contributed by atoms with E-state index in [0.29, 0.717) is 32.4 Å². The molecule has 3 rings (SSSR count). The van der Waals surface area contributed by atoms with E-state index in [-0.39, 0.29) is 48.3 Å². The van der Waals surface area contributed by atoms with E-state index in [1.165, 1.54) is 12.7 Å². The molecule has 0 spiro atoms. The van der Waals surface area contributed by atoms with Crippen LogP contribution in [0.3, 0.4) is 0 Å². The second kappa shape index (κ2) is 24.9. The number of anilines is 1. The highest BCUT2D eigenvalue weighted by molar-refractivity contribution is 5.90. The Hall–Kier alpha value is -4.53. The topological polar surface area (TPSA) is 170 Å². The van der Waals surface area contributed by atoms with Gasteiger partial charge in [-0.05, 0) is 67.3 Å². The van der Waals surface area contributed by atoms with Crippen LogP contribution in [0.15, 0.2) is 54.6 Å². The van der Waals surface area contributed by atoms with Crippen LogP contribution < -0.4 is 16.0 Å². The van der Waals surface area contributed by atoms with Gasteiger partial charge < -0.3 is 40.3 Å².